The third kappa shape index (κ3) is 6.85. The van der Waals surface area contributed by atoms with Gasteiger partial charge in [0.1, 0.15) is 6.79 Å². The lowest BCUT2D eigenvalue weighted by Crippen LogP contribution is -2.38. The van der Waals surface area contributed by atoms with Crippen molar-refractivity contribution in [2.75, 3.05) is 33.7 Å². The first-order chi connectivity index (χ1) is 10.5. The van der Waals surface area contributed by atoms with Gasteiger partial charge in [-0.15, -0.1) is 0 Å². The van der Waals surface area contributed by atoms with E-state index in [4.69, 9.17) is 14.2 Å². The predicted molar refractivity (Wildman–Crippen MR) is 84.2 cm³/mol. The summed E-state index contributed by atoms with van der Waals surface area (Å²) in [6.45, 7) is 5.14. The van der Waals surface area contributed by atoms with E-state index in [1.807, 2.05) is 13.8 Å². The highest BCUT2D eigenvalue weighted by atomic mass is 32.2. The van der Waals surface area contributed by atoms with Crippen molar-refractivity contribution in [1.82, 2.24) is 4.72 Å². The van der Waals surface area contributed by atoms with Crippen LogP contribution in [0.25, 0.3) is 0 Å². The second-order valence-corrected chi connectivity index (χ2v) is 6.64. The summed E-state index contributed by atoms with van der Waals surface area (Å²) < 4.78 is 42.5. The molecule has 0 bridgehead atoms. The van der Waals surface area contributed by atoms with Crippen LogP contribution in [0, 0.1) is 6.92 Å². The first-order valence-corrected chi connectivity index (χ1v) is 8.71. The topological polar surface area (TPSA) is 73.9 Å². The van der Waals surface area contributed by atoms with Crippen molar-refractivity contribution in [3.63, 3.8) is 0 Å². The van der Waals surface area contributed by atoms with Crippen molar-refractivity contribution in [3.8, 4) is 0 Å². The molecular weight excluding hydrogens is 306 g/mol. The molecular formula is C15H25NO5S. The first kappa shape index (κ1) is 19.1. The minimum absolute atomic E-state index is 0.117. The number of benzene rings is 1. The molecule has 126 valence electrons. The highest BCUT2D eigenvalue weighted by Crippen LogP contribution is 2.11. The van der Waals surface area contributed by atoms with Crippen molar-refractivity contribution in [3.05, 3.63) is 29.8 Å². The molecule has 0 aliphatic rings. The summed E-state index contributed by atoms with van der Waals surface area (Å²) in [7, 11) is -1.94. The molecule has 0 heterocycles. The summed E-state index contributed by atoms with van der Waals surface area (Å²) in [5.74, 6) is 0. The maximum atomic E-state index is 12.3. The highest BCUT2D eigenvalue weighted by molar-refractivity contribution is 7.89. The fourth-order valence-electron chi connectivity index (χ4n) is 1.69. The predicted octanol–water partition coefficient (Wildman–Crippen LogP) is 1.69. The minimum Gasteiger partial charge on any atom is -0.382 e. The molecule has 0 aromatic heterocycles. The lowest BCUT2D eigenvalue weighted by atomic mass is 10.2. The van der Waals surface area contributed by atoms with Gasteiger partial charge in [-0.3, -0.25) is 0 Å². The van der Waals surface area contributed by atoms with Gasteiger partial charge in [-0.2, -0.15) is 0 Å². The molecule has 1 rings (SSSR count). The normalized spacial score (nSPS) is 13.2. The van der Waals surface area contributed by atoms with Crippen LogP contribution in [0.4, 0.5) is 0 Å². The average Bonchev–Trinajstić information content (AvgIpc) is 2.49. The molecule has 0 amide bonds. The summed E-state index contributed by atoms with van der Waals surface area (Å²) in [5, 5.41) is 0. The highest BCUT2D eigenvalue weighted by Gasteiger charge is 2.18. The van der Waals surface area contributed by atoms with Gasteiger partial charge in [0.15, 0.2) is 0 Å². The molecule has 22 heavy (non-hydrogen) atoms. The van der Waals surface area contributed by atoms with Crippen LogP contribution in [0.15, 0.2) is 29.2 Å². The number of nitrogens with one attached hydrogen (secondary N) is 1. The second-order valence-electron chi connectivity index (χ2n) is 4.93. The van der Waals surface area contributed by atoms with Gasteiger partial charge in [0.2, 0.25) is 10.0 Å². The first-order valence-electron chi connectivity index (χ1n) is 7.23. The number of rotatable bonds is 11. The summed E-state index contributed by atoms with van der Waals surface area (Å²) in [6.07, 6.45) is 0.628. The fraction of sp³-hybridized carbons (Fsp3) is 0.600. The quantitative estimate of drug-likeness (QED) is 0.493. The number of sulfonamides is 1. The number of hydrogen-bond donors (Lipinski definition) is 1. The summed E-state index contributed by atoms with van der Waals surface area (Å²) in [6, 6.07) is 6.45. The Balaban J connectivity index is 2.45. The average molecular weight is 331 g/mol. The molecule has 0 saturated carbocycles. The van der Waals surface area contributed by atoms with E-state index in [9.17, 15) is 8.42 Å². The molecule has 0 aliphatic carbocycles. The summed E-state index contributed by atoms with van der Waals surface area (Å²) in [5.41, 5.74) is 1.02. The van der Waals surface area contributed by atoms with Crippen LogP contribution in [-0.2, 0) is 24.2 Å². The lowest BCUT2D eigenvalue weighted by molar-refractivity contribution is -0.0698. The van der Waals surface area contributed by atoms with Crippen LogP contribution >= 0.6 is 0 Å². The SMILES string of the molecule is CCC(COCOCCOC)NS(=O)(=O)c1ccc(C)cc1. The Labute approximate surface area is 132 Å². The van der Waals surface area contributed by atoms with Gasteiger partial charge < -0.3 is 14.2 Å². The van der Waals surface area contributed by atoms with Crippen molar-refractivity contribution in [2.45, 2.75) is 31.2 Å². The Morgan fingerprint density at radius 3 is 2.41 bits per heavy atom. The third-order valence-electron chi connectivity index (χ3n) is 3.06. The second kappa shape index (κ2) is 9.91. The number of methoxy groups -OCH3 is 1. The van der Waals surface area contributed by atoms with Gasteiger partial charge in [-0.05, 0) is 25.5 Å². The Morgan fingerprint density at radius 1 is 1.14 bits per heavy atom. The van der Waals surface area contributed by atoms with Gasteiger partial charge in [0, 0.05) is 13.2 Å². The van der Waals surface area contributed by atoms with Crippen LogP contribution in [0.3, 0.4) is 0 Å². The van der Waals surface area contributed by atoms with E-state index < -0.39 is 10.0 Å². The zero-order valence-electron chi connectivity index (χ0n) is 13.4. The Hall–Kier alpha value is -0.990. The van der Waals surface area contributed by atoms with Crippen LogP contribution in [0.1, 0.15) is 18.9 Å². The van der Waals surface area contributed by atoms with E-state index in [0.717, 1.165) is 5.56 Å². The molecule has 1 aromatic carbocycles. The Kier molecular flexibility index (Phi) is 8.59. The van der Waals surface area contributed by atoms with Gasteiger partial charge in [-0.1, -0.05) is 24.6 Å². The van der Waals surface area contributed by atoms with E-state index in [1.54, 1.807) is 31.4 Å². The number of ether oxygens (including phenoxy) is 3. The van der Waals surface area contributed by atoms with Crippen LogP contribution < -0.4 is 4.72 Å². The van der Waals surface area contributed by atoms with E-state index in [1.165, 1.54) is 0 Å². The van der Waals surface area contributed by atoms with Crippen molar-refractivity contribution >= 4 is 10.0 Å². The van der Waals surface area contributed by atoms with Crippen molar-refractivity contribution in [2.24, 2.45) is 0 Å². The van der Waals surface area contributed by atoms with E-state index in [-0.39, 0.29) is 24.3 Å². The Morgan fingerprint density at radius 2 is 1.82 bits per heavy atom. The van der Waals surface area contributed by atoms with Gasteiger partial charge in [0.05, 0.1) is 24.7 Å². The molecule has 0 saturated heterocycles. The molecule has 7 heteroatoms. The monoisotopic (exact) mass is 331 g/mol. The molecule has 1 unspecified atom stereocenters. The van der Waals surface area contributed by atoms with Crippen LogP contribution in [0.2, 0.25) is 0 Å². The Bertz CT molecular complexity index is 515. The summed E-state index contributed by atoms with van der Waals surface area (Å²) >= 11 is 0. The van der Waals surface area contributed by atoms with E-state index >= 15 is 0 Å². The molecule has 0 fully saturated rings. The fourth-order valence-corrected chi connectivity index (χ4v) is 2.99. The largest absolute Gasteiger partial charge is 0.382 e. The number of hydrogen-bond acceptors (Lipinski definition) is 5. The van der Waals surface area contributed by atoms with E-state index in [2.05, 4.69) is 4.72 Å². The zero-order chi connectivity index (χ0) is 16.4. The van der Waals surface area contributed by atoms with E-state index in [0.29, 0.717) is 19.6 Å². The number of aryl methyl sites for hydroxylation is 1. The molecule has 1 atom stereocenters. The molecule has 0 aliphatic heterocycles. The standard InChI is InChI=1S/C15H25NO5S/c1-4-14(11-21-12-20-10-9-19-3)16-22(17,18)15-7-5-13(2)6-8-15/h5-8,14,16H,4,9-12H2,1-3H3. The molecule has 1 N–H and O–H groups in total. The van der Waals surface area contributed by atoms with Gasteiger partial charge in [-0.25, -0.2) is 13.1 Å². The lowest BCUT2D eigenvalue weighted by Gasteiger charge is -2.17. The van der Waals surface area contributed by atoms with Crippen molar-refractivity contribution < 1.29 is 22.6 Å². The molecule has 1 aromatic rings. The molecule has 0 radical (unpaired) electrons. The maximum Gasteiger partial charge on any atom is 0.240 e. The van der Waals surface area contributed by atoms with Gasteiger partial charge in [0.25, 0.3) is 0 Å². The van der Waals surface area contributed by atoms with Crippen LogP contribution in [-0.4, -0.2) is 48.2 Å². The smallest absolute Gasteiger partial charge is 0.240 e. The third-order valence-corrected chi connectivity index (χ3v) is 4.60. The zero-order valence-corrected chi connectivity index (χ0v) is 14.2. The van der Waals surface area contributed by atoms with Crippen molar-refractivity contribution in [1.29, 1.82) is 0 Å². The molecule has 6 nitrogen and oxygen atoms in total. The summed E-state index contributed by atoms with van der Waals surface area (Å²) in [4.78, 5) is 0.257. The maximum absolute atomic E-state index is 12.3. The molecule has 0 spiro atoms. The van der Waals surface area contributed by atoms with Gasteiger partial charge >= 0.3 is 0 Å². The van der Waals surface area contributed by atoms with Crippen LogP contribution in [0.5, 0.6) is 0 Å². The minimum atomic E-state index is -3.53.